The van der Waals surface area contributed by atoms with Crippen LogP contribution in [0.15, 0.2) is 23.3 Å². The SMILES string of the molecule is Cc1cnc(NC2COCC2n2nc3c(cc2=O)CCCC3)nc1. The lowest BCUT2D eigenvalue weighted by Gasteiger charge is -2.22. The molecule has 0 spiro atoms. The molecular weight excluding hydrogens is 306 g/mol. The Morgan fingerprint density at radius 2 is 2.00 bits per heavy atom. The Morgan fingerprint density at radius 1 is 1.21 bits per heavy atom. The third-order valence-electron chi connectivity index (χ3n) is 4.69. The quantitative estimate of drug-likeness (QED) is 0.914. The van der Waals surface area contributed by atoms with Gasteiger partial charge in [-0.3, -0.25) is 4.79 Å². The molecule has 4 rings (SSSR count). The Bertz CT molecular complexity index is 787. The molecule has 2 aromatic rings. The maximum atomic E-state index is 12.5. The molecule has 0 saturated carbocycles. The van der Waals surface area contributed by atoms with Gasteiger partial charge in [-0.05, 0) is 43.7 Å². The molecule has 3 heterocycles. The molecule has 1 aliphatic heterocycles. The number of hydrogen-bond acceptors (Lipinski definition) is 6. The summed E-state index contributed by atoms with van der Waals surface area (Å²) in [5.74, 6) is 0.548. The van der Waals surface area contributed by atoms with Crippen LogP contribution in [0.5, 0.6) is 0 Å². The number of aryl methyl sites for hydroxylation is 3. The lowest BCUT2D eigenvalue weighted by molar-refractivity contribution is 0.182. The second-order valence-corrected chi connectivity index (χ2v) is 6.55. The molecule has 1 fully saturated rings. The van der Waals surface area contributed by atoms with Crippen molar-refractivity contribution >= 4 is 5.95 Å². The van der Waals surface area contributed by atoms with E-state index in [9.17, 15) is 4.79 Å². The highest BCUT2D eigenvalue weighted by atomic mass is 16.5. The van der Waals surface area contributed by atoms with Crippen LogP contribution in [0.3, 0.4) is 0 Å². The van der Waals surface area contributed by atoms with Gasteiger partial charge in [0.2, 0.25) is 5.95 Å². The second-order valence-electron chi connectivity index (χ2n) is 6.55. The summed E-state index contributed by atoms with van der Waals surface area (Å²) in [4.78, 5) is 21.1. The highest BCUT2D eigenvalue weighted by Crippen LogP contribution is 2.22. The van der Waals surface area contributed by atoms with Gasteiger partial charge in [0.05, 0.1) is 24.9 Å². The highest BCUT2D eigenvalue weighted by Gasteiger charge is 2.32. The molecule has 0 radical (unpaired) electrons. The summed E-state index contributed by atoms with van der Waals surface area (Å²) in [6.07, 6.45) is 7.71. The topological polar surface area (TPSA) is 81.9 Å². The van der Waals surface area contributed by atoms with Crippen LogP contribution in [0, 0.1) is 6.92 Å². The minimum absolute atomic E-state index is 0.0530. The second kappa shape index (κ2) is 6.32. The number of aromatic nitrogens is 4. The summed E-state index contributed by atoms with van der Waals surface area (Å²) in [6, 6.07) is 1.54. The molecule has 24 heavy (non-hydrogen) atoms. The van der Waals surface area contributed by atoms with Crippen LogP contribution in [0.1, 0.15) is 35.7 Å². The normalized spacial score (nSPS) is 23.0. The lowest BCUT2D eigenvalue weighted by Crippen LogP contribution is -2.38. The van der Waals surface area contributed by atoms with Gasteiger partial charge in [0.15, 0.2) is 0 Å². The smallest absolute Gasteiger partial charge is 0.267 e. The van der Waals surface area contributed by atoms with Crippen molar-refractivity contribution in [3.05, 3.63) is 45.6 Å². The number of fused-ring (bicyclic) bond motifs is 1. The predicted octanol–water partition coefficient (Wildman–Crippen LogP) is 1.27. The van der Waals surface area contributed by atoms with E-state index in [0.717, 1.165) is 42.5 Å². The molecule has 0 amide bonds. The first-order chi connectivity index (χ1) is 11.7. The van der Waals surface area contributed by atoms with Crippen molar-refractivity contribution < 1.29 is 4.74 Å². The Hall–Kier alpha value is -2.28. The average molecular weight is 327 g/mol. The fourth-order valence-corrected chi connectivity index (χ4v) is 3.37. The number of anilines is 1. The zero-order valence-electron chi connectivity index (χ0n) is 13.7. The molecule has 126 valence electrons. The van der Waals surface area contributed by atoms with Crippen molar-refractivity contribution in [3.8, 4) is 0 Å². The molecule has 0 bridgehead atoms. The molecule has 7 nitrogen and oxygen atoms in total. The van der Waals surface area contributed by atoms with Crippen LogP contribution in [-0.2, 0) is 17.6 Å². The fraction of sp³-hybridized carbons (Fsp3) is 0.529. The first-order valence-electron chi connectivity index (χ1n) is 8.45. The Morgan fingerprint density at radius 3 is 2.83 bits per heavy atom. The number of rotatable bonds is 3. The minimum atomic E-state index is -0.144. The standard InChI is InChI=1S/C17H21N5O2/c1-11-7-18-17(19-8-11)20-14-9-24-10-15(14)22-16(23)6-12-4-2-3-5-13(12)21-22/h6-8,14-15H,2-5,9-10H2,1H3,(H,18,19,20). The molecule has 2 atom stereocenters. The van der Waals surface area contributed by atoms with Crippen molar-refractivity contribution in [3.63, 3.8) is 0 Å². The van der Waals surface area contributed by atoms with Crippen LogP contribution in [0.2, 0.25) is 0 Å². The van der Waals surface area contributed by atoms with E-state index in [4.69, 9.17) is 4.74 Å². The van der Waals surface area contributed by atoms with Gasteiger partial charge in [-0.1, -0.05) is 0 Å². The van der Waals surface area contributed by atoms with E-state index in [1.165, 1.54) is 0 Å². The molecule has 2 unspecified atom stereocenters. The van der Waals surface area contributed by atoms with Crippen LogP contribution in [-0.4, -0.2) is 39.0 Å². The van der Waals surface area contributed by atoms with Crippen molar-refractivity contribution in [1.29, 1.82) is 0 Å². The summed E-state index contributed by atoms with van der Waals surface area (Å²) in [5, 5.41) is 7.92. The molecule has 2 aliphatic rings. The number of nitrogens with zero attached hydrogens (tertiary/aromatic N) is 4. The van der Waals surface area contributed by atoms with E-state index < -0.39 is 0 Å². The van der Waals surface area contributed by atoms with Crippen molar-refractivity contribution in [2.45, 2.75) is 44.7 Å². The Labute approximate surface area is 140 Å². The van der Waals surface area contributed by atoms with Gasteiger partial charge in [0.25, 0.3) is 5.56 Å². The van der Waals surface area contributed by atoms with E-state index >= 15 is 0 Å². The Kier molecular flexibility index (Phi) is 4.02. The van der Waals surface area contributed by atoms with Gasteiger partial charge in [-0.15, -0.1) is 0 Å². The molecule has 7 heteroatoms. The van der Waals surface area contributed by atoms with Crippen molar-refractivity contribution in [1.82, 2.24) is 19.7 Å². The summed E-state index contributed by atoms with van der Waals surface area (Å²) >= 11 is 0. The zero-order valence-corrected chi connectivity index (χ0v) is 13.7. The van der Waals surface area contributed by atoms with Gasteiger partial charge in [-0.25, -0.2) is 14.6 Å². The van der Waals surface area contributed by atoms with E-state index in [0.29, 0.717) is 19.2 Å². The largest absolute Gasteiger partial charge is 0.377 e. The molecule has 1 saturated heterocycles. The summed E-state index contributed by atoms with van der Waals surface area (Å²) in [5.41, 5.74) is 3.11. The third kappa shape index (κ3) is 2.91. The maximum Gasteiger partial charge on any atom is 0.267 e. The van der Waals surface area contributed by atoms with E-state index in [-0.39, 0.29) is 17.6 Å². The number of hydrogen-bond donors (Lipinski definition) is 1. The predicted molar refractivity (Wildman–Crippen MR) is 89.2 cm³/mol. The maximum absolute atomic E-state index is 12.5. The first kappa shape index (κ1) is 15.3. The highest BCUT2D eigenvalue weighted by molar-refractivity contribution is 5.28. The zero-order chi connectivity index (χ0) is 16.5. The molecule has 2 aromatic heterocycles. The van der Waals surface area contributed by atoms with Gasteiger partial charge < -0.3 is 10.1 Å². The van der Waals surface area contributed by atoms with Gasteiger partial charge in [0.1, 0.15) is 6.04 Å². The minimum Gasteiger partial charge on any atom is -0.377 e. The number of ether oxygens (including phenoxy) is 1. The van der Waals surface area contributed by atoms with Crippen LogP contribution >= 0.6 is 0 Å². The lowest BCUT2D eigenvalue weighted by atomic mass is 9.97. The van der Waals surface area contributed by atoms with Gasteiger partial charge in [-0.2, -0.15) is 5.10 Å². The third-order valence-corrected chi connectivity index (χ3v) is 4.69. The van der Waals surface area contributed by atoms with Gasteiger partial charge >= 0.3 is 0 Å². The summed E-state index contributed by atoms with van der Waals surface area (Å²) < 4.78 is 7.19. The van der Waals surface area contributed by atoms with E-state index in [2.05, 4.69) is 20.4 Å². The number of nitrogens with one attached hydrogen (secondary N) is 1. The van der Waals surface area contributed by atoms with Crippen LogP contribution in [0.25, 0.3) is 0 Å². The first-order valence-corrected chi connectivity index (χ1v) is 8.45. The van der Waals surface area contributed by atoms with E-state index in [1.54, 1.807) is 23.1 Å². The summed E-state index contributed by atoms with van der Waals surface area (Å²) in [6.45, 7) is 2.92. The molecule has 1 aliphatic carbocycles. The molecule has 1 N–H and O–H groups in total. The monoisotopic (exact) mass is 327 g/mol. The van der Waals surface area contributed by atoms with Gasteiger partial charge in [0, 0.05) is 18.5 Å². The summed E-state index contributed by atoms with van der Waals surface area (Å²) in [7, 11) is 0. The van der Waals surface area contributed by atoms with Crippen molar-refractivity contribution in [2.75, 3.05) is 18.5 Å². The van der Waals surface area contributed by atoms with Crippen molar-refractivity contribution in [2.24, 2.45) is 0 Å². The van der Waals surface area contributed by atoms with Crippen LogP contribution in [0.4, 0.5) is 5.95 Å². The van der Waals surface area contributed by atoms with E-state index in [1.807, 2.05) is 6.92 Å². The molecule has 0 aromatic carbocycles. The fourth-order valence-electron chi connectivity index (χ4n) is 3.37. The Balaban J connectivity index is 1.60. The molecular formula is C17H21N5O2. The average Bonchev–Trinajstić information content (AvgIpc) is 3.04. The van der Waals surface area contributed by atoms with Crippen LogP contribution < -0.4 is 10.9 Å².